The van der Waals surface area contributed by atoms with E-state index in [9.17, 15) is 19.3 Å². The van der Waals surface area contributed by atoms with Crippen LogP contribution in [0.5, 0.6) is 0 Å². The van der Waals surface area contributed by atoms with Gasteiger partial charge in [0, 0.05) is 29.8 Å². The van der Waals surface area contributed by atoms with Crippen LogP contribution in [0.3, 0.4) is 0 Å². The maximum Gasteiger partial charge on any atom is 0.271 e. The Hall–Kier alpha value is -3.54. The highest BCUT2D eigenvalue weighted by atomic mass is 19.1. The minimum Gasteiger partial charge on any atom is -0.378 e. The number of nitro groups is 1. The monoisotopic (exact) mass is 406 g/mol. The third-order valence-corrected chi connectivity index (χ3v) is 4.96. The van der Waals surface area contributed by atoms with Gasteiger partial charge in [-0.1, -0.05) is 44.2 Å². The first kappa shape index (κ1) is 21.2. The normalized spacial score (nSPS) is 11.9. The van der Waals surface area contributed by atoms with E-state index in [1.807, 2.05) is 24.3 Å². The molecule has 0 aromatic heterocycles. The fraction of sp³-hybridized carbons (Fsp3) is 0.208. The predicted molar refractivity (Wildman–Crippen MR) is 115 cm³/mol. The number of hydrogen-bond acceptors (Lipinski definition) is 4. The summed E-state index contributed by atoms with van der Waals surface area (Å²) in [7, 11) is 0. The van der Waals surface area contributed by atoms with Gasteiger partial charge < -0.3 is 5.32 Å². The molecular formula is C24H23FN2O3. The number of carbonyl (C=O) groups is 1. The zero-order chi connectivity index (χ0) is 21.7. The lowest BCUT2D eigenvalue weighted by Gasteiger charge is -2.21. The molecule has 1 atom stereocenters. The first-order chi connectivity index (χ1) is 14.3. The third-order valence-electron chi connectivity index (χ3n) is 4.96. The van der Waals surface area contributed by atoms with Crippen molar-refractivity contribution in [2.24, 2.45) is 0 Å². The van der Waals surface area contributed by atoms with E-state index in [-0.39, 0.29) is 17.9 Å². The summed E-state index contributed by atoms with van der Waals surface area (Å²) in [5.41, 5.74) is 3.01. The van der Waals surface area contributed by atoms with Crippen LogP contribution in [0.25, 0.3) is 0 Å². The van der Waals surface area contributed by atoms with Crippen LogP contribution in [0.4, 0.5) is 15.8 Å². The molecule has 1 N–H and O–H groups in total. The largest absolute Gasteiger partial charge is 0.378 e. The number of nitro benzene ring substituents is 1. The van der Waals surface area contributed by atoms with Crippen molar-refractivity contribution in [2.45, 2.75) is 32.2 Å². The van der Waals surface area contributed by atoms with Crippen LogP contribution in [0.1, 0.15) is 53.7 Å². The molecule has 5 nitrogen and oxygen atoms in total. The molecule has 0 spiro atoms. The Balaban J connectivity index is 1.89. The fourth-order valence-corrected chi connectivity index (χ4v) is 3.21. The molecule has 0 bridgehead atoms. The van der Waals surface area contributed by atoms with Crippen LogP contribution in [0, 0.1) is 15.9 Å². The number of nitrogens with zero attached hydrogens (tertiary/aromatic N) is 1. The second-order valence-electron chi connectivity index (χ2n) is 7.46. The molecule has 30 heavy (non-hydrogen) atoms. The van der Waals surface area contributed by atoms with E-state index in [0.717, 1.165) is 5.56 Å². The van der Waals surface area contributed by atoms with Crippen molar-refractivity contribution in [2.75, 3.05) is 5.32 Å². The van der Waals surface area contributed by atoms with Crippen LogP contribution in [-0.4, -0.2) is 10.7 Å². The number of carbonyl (C=O) groups excluding carboxylic acids is 1. The van der Waals surface area contributed by atoms with Gasteiger partial charge in [0.25, 0.3) is 5.69 Å². The minimum absolute atomic E-state index is 0.0289. The number of ketones is 1. The molecule has 0 aliphatic carbocycles. The second-order valence-corrected chi connectivity index (χ2v) is 7.46. The van der Waals surface area contributed by atoms with Crippen molar-refractivity contribution < 1.29 is 14.1 Å². The molecule has 3 rings (SSSR count). The lowest BCUT2D eigenvalue weighted by atomic mass is 9.95. The van der Waals surface area contributed by atoms with Gasteiger partial charge in [0.2, 0.25) is 0 Å². The molecule has 0 aliphatic rings. The summed E-state index contributed by atoms with van der Waals surface area (Å²) >= 11 is 0. The molecule has 1 unspecified atom stereocenters. The van der Waals surface area contributed by atoms with Gasteiger partial charge in [-0.25, -0.2) is 4.39 Å². The SMILES string of the molecule is CC(C)c1ccc(C(CC(=O)c2ccc(F)cc2)Nc2cccc([N+](=O)[O-])c2)cc1. The van der Waals surface area contributed by atoms with Crippen molar-refractivity contribution in [3.8, 4) is 0 Å². The Morgan fingerprint density at radius 2 is 1.63 bits per heavy atom. The van der Waals surface area contributed by atoms with E-state index in [2.05, 4.69) is 19.2 Å². The topological polar surface area (TPSA) is 72.2 Å². The van der Waals surface area contributed by atoms with E-state index in [0.29, 0.717) is 17.2 Å². The Morgan fingerprint density at radius 3 is 2.23 bits per heavy atom. The van der Waals surface area contributed by atoms with Gasteiger partial charge >= 0.3 is 0 Å². The average molecular weight is 406 g/mol. The summed E-state index contributed by atoms with van der Waals surface area (Å²) < 4.78 is 13.2. The summed E-state index contributed by atoms with van der Waals surface area (Å²) in [6.45, 7) is 4.21. The average Bonchev–Trinajstić information content (AvgIpc) is 2.74. The molecule has 0 radical (unpaired) electrons. The first-order valence-corrected chi connectivity index (χ1v) is 9.73. The molecule has 6 heteroatoms. The van der Waals surface area contributed by atoms with Crippen LogP contribution in [0.15, 0.2) is 72.8 Å². The zero-order valence-electron chi connectivity index (χ0n) is 16.8. The number of benzene rings is 3. The molecule has 0 heterocycles. The summed E-state index contributed by atoms with van der Waals surface area (Å²) in [5, 5.41) is 14.3. The van der Waals surface area contributed by atoms with Crippen LogP contribution < -0.4 is 5.32 Å². The summed E-state index contributed by atoms with van der Waals surface area (Å²) in [6, 6.07) is 19.2. The van der Waals surface area contributed by atoms with E-state index in [4.69, 9.17) is 0 Å². The number of Topliss-reactive ketones (excluding diaryl/α,β-unsaturated/α-hetero) is 1. The van der Waals surface area contributed by atoms with E-state index in [1.54, 1.807) is 12.1 Å². The van der Waals surface area contributed by atoms with Gasteiger partial charge in [-0.3, -0.25) is 14.9 Å². The summed E-state index contributed by atoms with van der Waals surface area (Å²) in [6.07, 6.45) is 0.120. The van der Waals surface area contributed by atoms with Gasteiger partial charge in [0.15, 0.2) is 5.78 Å². The van der Waals surface area contributed by atoms with E-state index in [1.165, 1.54) is 42.0 Å². The maximum absolute atomic E-state index is 13.2. The molecule has 3 aromatic carbocycles. The fourth-order valence-electron chi connectivity index (χ4n) is 3.21. The number of halogens is 1. The Bertz CT molecular complexity index is 1030. The van der Waals surface area contributed by atoms with Crippen LogP contribution in [0.2, 0.25) is 0 Å². The molecule has 0 aliphatic heterocycles. The lowest BCUT2D eigenvalue weighted by molar-refractivity contribution is -0.384. The highest BCUT2D eigenvalue weighted by Gasteiger charge is 2.19. The Morgan fingerprint density at radius 1 is 1.00 bits per heavy atom. The molecule has 3 aromatic rings. The van der Waals surface area contributed by atoms with Crippen molar-refractivity contribution in [3.05, 3.63) is 105 Å². The standard InChI is InChI=1S/C24H23FN2O3/c1-16(2)17-6-8-18(9-7-17)23(15-24(28)19-10-12-20(25)13-11-19)26-21-4-3-5-22(14-21)27(29)30/h3-14,16,23,26H,15H2,1-2H3. The van der Waals surface area contributed by atoms with Crippen molar-refractivity contribution in [3.63, 3.8) is 0 Å². The molecule has 0 saturated heterocycles. The second kappa shape index (κ2) is 9.31. The van der Waals surface area contributed by atoms with Gasteiger partial charge in [0.1, 0.15) is 5.82 Å². The van der Waals surface area contributed by atoms with Gasteiger partial charge in [-0.15, -0.1) is 0 Å². The number of nitrogens with one attached hydrogen (secondary N) is 1. The number of non-ortho nitro benzene ring substituents is 1. The van der Waals surface area contributed by atoms with E-state index < -0.39 is 16.8 Å². The predicted octanol–water partition coefficient (Wildman–Crippen LogP) is 6.28. The molecular weight excluding hydrogens is 383 g/mol. The van der Waals surface area contributed by atoms with Gasteiger partial charge in [0.05, 0.1) is 11.0 Å². The quantitative estimate of drug-likeness (QED) is 0.271. The van der Waals surface area contributed by atoms with E-state index >= 15 is 0 Å². The number of hydrogen-bond donors (Lipinski definition) is 1. The smallest absolute Gasteiger partial charge is 0.271 e. The lowest BCUT2D eigenvalue weighted by Crippen LogP contribution is -2.16. The molecule has 154 valence electrons. The number of rotatable bonds is 8. The summed E-state index contributed by atoms with van der Waals surface area (Å²) in [4.78, 5) is 23.4. The van der Waals surface area contributed by atoms with Crippen molar-refractivity contribution >= 4 is 17.2 Å². The highest BCUT2D eigenvalue weighted by Crippen LogP contribution is 2.28. The molecule has 0 saturated carbocycles. The van der Waals surface area contributed by atoms with Crippen LogP contribution >= 0.6 is 0 Å². The zero-order valence-corrected chi connectivity index (χ0v) is 16.8. The summed E-state index contributed by atoms with van der Waals surface area (Å²) in [5.74, 6) is -0.170. The van der Waals surface area contributed by atoms with Crippen LogP contribution in [-0.2, 0) is 0 Å². The van der Waals surface area contributed by atoms with Gasteiger partial charge in [-0.2, -0.15) is 0 Å². The Kier molecular flexibility index (Phi) is 6.57. The van der Waals surface area contributed by atoms with Crippen molar-refractivity contribution in [1.29, 1.82) is 0 Å². The third kappa shape index (κ3) is 5.29. The van der Waals surface area contributed by atoms with Crippen molar-refractivity contribution in [1.82, 2.24) is 0 Å². The first-order valence-electron chi connectivity index (χ1n) is 9.73. The maximum atomic E-state index is 13.2. The highest BCUT2D eigenvalue weighted by molar-refractivity contribution is 5.96. The number of anilines is 1. The minimum atomic E-state index is -0.457. The Labute approximate surface area is 174 Å². The molecule has 0 amide bonds. The van der Waals surface area contributed by atoms with Gasteiger partial charge in [-0.05, 0) is 47.4 Å². The molecule has 0 fully saturated rings.